The molecule has 1 N–H and O–H groups in total. The maximum Gasteiger partial charge on any atom is 0.164 e. The van der Waals surface area contributed by atoms with E-state index in [4.69, 9.17) is 0 Å². The molecule has 3 atom stereocenters. The highest BCUT2D eigenvalue weighted by atomic mass is 19.2. The van der Waals surface area contributed by atoms with Crippen LogP contribution < -0.4 is 0 Å². The zero-order chi connectivity index (χ0) is 24.8. The van der Waals surface area contributed by atoms with Gasteiger partial charge in [0.05, 0.1) is 6.10 Å². The number of hydrogen-bond acceptors (Lipinski definition) is 1. The molecule has 190 valence electrons. The summed E-state index contributed by atoms with van der Waals surface area (Å²) in [5, 5.41) is 9.62. The van der Waals surface area contributed by atoms with E-state index in [2.05, 4.69) is 49.1 Å². The molecule has 2 saturated carbocycles. The number of halogens is 2. The van der Waals surface area contributed by atoms with Crippen LogP contribution in [0.1, 0.15) is 94.3 Å². The first kappa shape index (κ1) is 26.1. The highest BCUT2D eigenvalue weighted by Crippen LogP contribution is 2.39. The second-order valence-electron chi connectivity index (χ2n) is 11.1. The van der Waals surface area contributed by atoms with Gasteiger partial charge in [-0.3, -0.25) is 0 Å². The van der Waals surface area contributed by atoms with Crippen molar-refractivity contribution in [3.05, 3.63) is 84.0 Å². The van der Waals surface area contributed by atoms with E-state index in [0.29, 0.717) is 29.2 Å². The van der Waals surface area contributed by atoms with Crippen molar-refractivity contribution in [2.24, 2.45) is 29.6 Å². The molecule has 4 rings (SSSR count). The molecule has 0 aromatic heterocycles. The van der Waals surface area contributed by atoms with Crippen LogP contribution in [0.15, 0.2) is 61.2 Å². The lowest BCUT2D eigenvalue weighted by Gasteiger charge is -2.29. The lowest BCUT2D eigenvalue weighted by Crippen LogP contribution is -2.15. The summed E-state index contributed by atoms with van der Waals surface area (Å²) in [6, 6.07) is 3.22. The maximum absolute atomic E-state index is 14.6. The molecule has 0 bridgehead atoms. The van der Waals surface area contributed by atoms with Gasteiger partial charge in [-0.1, -0.05) is 54.7 Å². The third kappa shape index (κ3) is 6.82. The standard InChI is InChI=1S/C32H42F2O/c1-3-23-4-6-24(7-5-23)8-9-25-10-12-26(13-11-25)14-15-27-16-18-28(19-17-27)30-21-20-29(22(2)35)31(33)32(30)34/h3-4,6,8-9,14-15,20-28,35H,1,5,7,10-13,16-19H2,2H3/b9-8+,15-14+. The lowest BCUT2D eigenvalue weighted by atomic mass is 9.77. The Morgan fingerprint density at radius 3 is 1.77 bits per heavy atom. The average Bonchev–Trinajstić information content (AvgIpc) is 2.89. The van der Waals surface area contributed by atoms with Crippen LogP contribution in [-0.4, -0.2) is 5.11 Å². The Bertz CT molecular complexity index is 927. The van der Waals surface area contributed by atoms with Crippen molar-refractivity contribution in [1.29, 1.82) is 0 Å². The summed E-state index contributed by atoms with van der Waals surface area (Å²) in [5.74, 6) is 1.52. The minimum Gasteiger partial charge on any atom is -0.389 e. The molecule has 0 spiro atoms. The molecular formula is C32H42F2O. The van der Waals surface area contributed by atoms with Crippen molar-refractivity contribution in [2.75, 3.05) is 0 Å². The molecule has 3 unspecified atom stereocenters. The van der Waals surface area contributed by atoms with Crippen molar-refractivity contribution in [2.45, 2.75) is 83.2 Å². The van der Waals surface area contributed by atoms with Crippen LogP contribution in [0.5, 0.6) is 0 Å². The van der Waals surface area contributed by atoms with E-state index >= 15 is 0 Å². The quantitative estimate of drug-likeness (QED) is 0.386. The smallest absolute Gasteiger partial charge is 0.164 e. The summed E-state index contributed by atoms with van der Waals surface area (Å²) < 4.78 is 28.9. The predicted molar refractivity (Wildman–Crippen MR) is 141 cm³/mol. The first-order chi connectivity index (χ1) is 16.9. The predicted octanol–water partition coefficient (Wildman–Crippen LogP) is 8.98. The van der Waals surface area contributed by atoms with Crippen molar-refractivity contribution >= 4 is 0 Å². The summed E-state index contributed by atoms with van der Waals surface area (Å²) in [6.07, 6.45) is 26.8. The van der Waals surface area contributed by atoms with Crippen LogP contribution in [0.25, 0.3) is 0 Å². The van der Waals surface area contributed by atoms with Gasteiger partial charge in [0.2, 0.25) is 0 Å². The van der Waals surface area contributed by atoms with E-state index in [0.717, 1.165) is 31.6 Å². The summed E-state index contributed by atoms with van der Waals surface area (Å²) >= 11 is 0. The first-order valence-corrected chi connectivity index (χ1v) is 13.8. The Hall–Kier alpha value is -2.00. The molecule has 0 saturated heterocycles. The van der Waals surface area contributed by atoms with Crippen LogP contribution in [0.4, 0.5) is 8.78 Å². The molecule has 0 heterocycles. The van der Waals surface area contributed by atoms with E-state index in [1.54, 1.807) is 12.1 Å². The van der Waals surface area contributed by atoms with E-state index in [1.807, 2.05) is 0 Å². The minimum atomic E-state index is -0.995. The SMILES string of the molecule is C=CC1C=CC(/C=C/C2CCC(/C=C/C3CCC(c4ccc(C(C)O)c(F)c4F)CC3)CC2)CC1. The second-order valence-corrected chi connectivity index (χ2v) is 11.1. The van der Waals surface area contributed by atoms with Gasteiger partial charge in [0.25, 0.3) is 0 Å². The van der Waals surface area contributed by atoms with E-state index < -0.39 is 17.7 Å². The molecule has 1 nitrogen and oxygen atoms in total. The van der Waals surface area contributed by atoms with Gasteiger partial charge in [0, 0.05) is 5.56 Å². The van der Waals surface area contributed by atoms with Crippen LogP contribution in [0.2, 0.25) is 0 Å². The highest BCUT2D eigenvalue weighted by Gasteiger charge is 2.26. The van der Waals surface area contributed by atoms with Crippen molar-refractivity contribution in [1.82, 2.24) is 0 Å². The van der Waals surface area contributed by atoms with Crippen molar-refractivity contribution < 1.29 is 13.9 Å². The third-order valence-corrected chi connectivity index (χ3v) is 8.65. The summed E-state index contributed by atoms with van der Waals surface area (Å²) in [5.41, 5.74) is 0.519. The topological polar surface area (TPSA) is 20.2 Å². The number of hydrogen-bond donors (Lipinski definition) is 1. The summed E-state index contributed by atoms with van der Waals surface area (Å²) in [6.45, 7) is 5.37. The monoisotopic (exact) mass is 480 g/mol. The highest BCUT2D eigenvalue weighted by molar-refractivity contribution is 5.30. The molecule has 1 aromatic rings. The van der Waals surface area contributed by atoms with Gasteiger partial charge in [-0.2, -0.15) is 0 Å². The lowest BCUT2D eigenvalue weighted by molar-refractivity contribution is 0.192. The number of benzene rings is 1. The summed E-state index contributed by atoms with van der Waals surface area (Å²) in [7, 11) is 0. The van der Waals surface area contributed by atoms with Crippen LogP contribution in [0.3, 0.4) is 0 Å². The largest absolute Gasteiger partial charge is 0.389 e. The van der Waals surface area contributed by atoms with Crippen LogP contribution in [-0.2, 0) is 0 Å². The van der Waals surface area contributed by atoms with Gasteiger partial charge in [-0.25, -0.2) is 8.78 Å². The van der Waals surface area contributed by atoms with Gasteiger partial charge in [-0.05, 0) is 112 Å². The average molecular weight is 481 g/mol. The minimum absolute atomic E-state index is 0.0422. The molecule has 0 amide bonds. The van der Waals surface area contributed by atoms with Gasteiger partial charge in [0.1, 0.15) is 0 Å². The number of aliphatic hydroxyl groups excluding tert-OH is 1. The second kappa shape index (κ2) is 12.3. The molecule has 0 aliphatic heterocycles. The van der Waals surface area contributed by atoms with E-state index in [-0.39, 0.29) is 11.5 Å². The van der Waals surface area contributed by atoms with Gasteiger partial charge >= 0.3 is 0 Å². The van der Waals surface area contributed by atoms with Gasteiger partial charge in [-0.15, -0.1) is 6.58 Å². The zero-order valence-corrected chi connectivity index (χ0v) is 21.2. The Morgan fingerprint density at radius 1 is 0.743 bits per heavy atom. The Kier molecular flexibility index (Phi) is 9.16. The molecule has 1 aromatic carbocycles. The summed E-state index contributed by atoms with van der Waals surface area (Å²) in [4.78, 5) is 0. The normalized spacial score (nSPS) is 32.8. The number of aliphatic hydroxyl groups is 1. The van der Waals surface area contributed by atoms with Crippen LogP contribution >= 0.6 is 0 Å². The van der Waals surface area contributed by atoms with E-state index in [1.165, 1.54) is 45.4 Å². The Morgan fingerprint density at radius 2 is 1.26 bits per heavy atom. The third-order valence-electron chi connectivity index (χ3n) is 8.65. The Balaban J connectivity index is 1.20. The van der Waals surface area contributed by atoms with Crippen molar-refractivity contribution in [3.8, 4) is 0 Å². The molecule has 2 fully saturated rings. The molecule has 3 aliphatic carbocycles. The molecular weight excluding hydrogens is 438 g/mol. The first-order valence-electron chi connectivity index (χ1n) is 13.8. The number of rotatable bonds is 7. The molecule has 3 heteroatoms. The maximum atomic E-state index is 14.6. The zero-order valence-electron chi connectivity index (χ0n) is 21.2. The Labute approximate surface area is 210 Å². The number of allylic oxidation sites excluding steroid dienone is 7. The van der Waals surface area contributed by atoms with E-state index in [9.17, 15) is 13.9 Å². The van der Waals surface area contributed by atoms with Crippen LogP contribution in [0, 0.1) is 41.2 Å². The fourth-order valence-electron chi connectivity index (χ4n) is 6.20. The molecule has 3 aliphatic rings. The fourth-order valence-corrected chi connectivity index (χ4v) is 6.20. The van der Waals surface area contributed by atoms with Crippen molar-refractivity contribution in [3.63, 3.8) is 0 Å². The molecule has 0 radical (unpaired) electrons. The fraction of sp³-hybridized carbons (Fsp3) is 0.562. The molecule has 35 heavy (non-hydrogen) atoms. The van der Waals surface area contributed by atoms with Gasteiger partial charge in [0.15, 0.2) is 11.6 Å². The van der Waals surface area contributed by atoms with Gasteiger partial charge < -0.3 is 5.11 Å².